The summed E-state index contributed by atoms with van der Waals surface area (Å²) < 4.78 is 0.856. The Bertz CT molecular complexity index is 205. The Kier molecular flexibility index (Phi) is 4.40. The minimum atomic E-state index is 0. The predicted octanol–water partition coefficient (Wildman–Crippen LogP) is 2.31. The molecule has 1 aromatic rings. The Hall–Kier alpha value is -0.280. The highest BCUT2D eigenvalue weighted by molar-refractivity contribution is 9.10. The minimum absolute atomic E-state index is 0. The topological polar surface area (TPSA) is 24.9 Å². The summed E-state index contributed by atoms with van der Waals surface area (Å²) in [6, 6.07) is 5.73. The highest BCUT2D eigenvalue weighted by Crippen LogP contribution is 2.08. The summed E-state index contributed by atoms with van der Waals surface area (Å²) in [5, 5.41) is 2.93. The molecule has 1 aromatic heterocycles. The first kappa shape index (κ1) is 9.72. The van der Waals surface area contributed by atoms with E-state index in [1.165, 1.54) is 0 Å². The molecule has 1 rings (SSSR count). The van der Waals surface area contributed by atoms with Crippen molar-refractivity contribution in [3.05, 3.63) is 22.8 Å². The van der Waals surface area contributed by atoms with Gasteiger partial charge in [-0.25, -0.2) is 4.98 Å². The van der Waals surface area contributed by atoms with Crippen molar-refractivity contribution >= 4 is 34.2 Å². The molecule has 4 heteroatoms. The number of hydrogen-bond acceptors (Lipinski definition) is 2. The van der Waals surface area contributed by atoms with Crippen molar-refractivity contribution in [1.82, 2.24) is 4.98 Å². The summed E-state index contributed by atoms with van der Waals surface area (Å²) >= 11 is 3.25. The molecule has 0 aromatic carbocycles. The molecular formula is C6H8BrClN2. The number of aromatic nitrogens is 1. The molecule has 2 nitrogen and oxygen atoms in total. The summed E-state index contributed by atoms with van der Waals surface area (Å²) in [6.45, 7) is 0. The fraction of sp³-hybridized carbons (Fsp3) is 0.167. The van der Waals surface area contributed by atoms with Crippen LogP contribution in [0.3, 0.4) is 0 Å². The summed E-state index contributed by atoms with van der Waals surface area (Å²) in [5.41, 5.74) is 0. The van der Waals surface area contributed by atoms with Crippen molar-refractivity contribution in [2.24, 2.45) is 0 Å². The smallest absolute Gasteiger partial charge is 0.126 e. The maximum Gasteiger partial charge on any atom is 0.126 e. The van der Waals surface area contributed by atoms with Gasteiger partial charge >= 0.3 is 0 Å². The highest BCUT2D eigenvalue weighted by Gasteiger charge is 1.87. The molecule has 0 atom stereocenters. The number of nitrogens with one attached hydrogen (secondary N) is 1. The Morgan fingerprint density at radius 3 is 2.60 bits per heavy atom. The zero-order valence-corrected chi connectivity index (χ0v) is 7.87. The van der Waals surface area contributed by atoms with Gasteiger partial charge in [0.1, 0.15) is 10.4 Å². The van der Waals surface area contributed by atoms with Crippen LogP contribution in [-0.2, 0) is 0 Å². The summed E-state index contributed by atoms with van der Waals surface area (Å²) in [4.78, 5) is 4.10. The first-order valence-corrected chi connectivity index (χ1v) is 3.42. The largest absolute Gasteiger partial charge is 0.373 e. The van der Waals surface area contributed by atoms with Crippen LogP contribution in [0.15, 0.2) is 22.8 Å². The van der Waals surface area contributed by atoms with Crippen LogP contribution < -0.4 is 5.32 Å². The van der Waals surface area contributed by atoms with E-state index in [0.29, 0.717) is 0 Å². The van der Waals surface area contributed by atoms with Crippen molar-refractivity contribution < 1.29 is 0 Å². The second kappa shape index (κ2) is 4.52. The van der Waals surface area contributed by atoms with Gasteiger partial charge in [-0.15, -0.1) is 12.4 Å². The third-order valence-corrected chi connectivity index (χ3v) is 1.41. The van der Waals surface area contributed by atoms with Gasteiger partial charge in [0.05, 0.1) is 0 Å². The molecule has 1 heterocycles. The SMILES string of the molecule is CNc1cccc(Br)n1.Cl. The van der Waals surface area contributed by atoms with Gasteiger partial charge in [0, 0.05) is 7.05 Å². The monoisotopic (exact) mass is 222 g/mol. The normalized spacial score (nSPS) is 8.20. The van der Waals surface area contributed by atoms with Crippen molar-refractivity contribution in [1.29, 1.82) is 0 Å². The lowest BCUT2D eigenvalue weighted by molar-refractivity contribution is 1.25. The summed E-state index contributed by atoms with van der Waals surface area (Å²) in [6.07, 6.45) is 0. The van der Waals surface area contributed by atoms with Crippen LogP contribution in [0.4, 0.5) is 5.82 Å². The average molecular weight is 224 g/mol. The van der Waals surface area contributed by atoms with Crippen LogP contribution in [0.25, 0.3) is 0 Å². The van der Waals surface area contributed by atoms with Crippen LogP contribution >= 0.6 is 28.3 Å². The van der Waals surface area contributed by atoms with Gasteiger partial charge < -0.3 is 5.32 Å². The third kappa shape index (κ3) is 2.54. The molecule has 0 amide bonds. The summed E-state index contributed by atoms with van der Waals surface area (Å²) in [5.74, 6) is 0.879. The molecule has 0 aliphatic carbocycles. The maximum atomic E-state index is 4.10. The van der Waals surface area contributed by atoms with E-state index in [0.717, 1.165) is 10.4 Å². The lowest BCUT2D eigenvalue weighted by Gasteiger charge is -1.96. The second-order valence-electron chi connectivity index (χ2n) is 1.60. The Labute approximate surface area is 74.6 Å². The Morgan fingerprint density at radius 1 is 1.50 bits per heavy atom. The molecule has 10 heavy (non-hydrogen) atoms. The van der Waals surface area contributed by atoms with Gasteiger partial charge in [0.2, 0.25) is 0 Å². The van der Waals surface area contributed by atoms with E-state index in [1.54, 1.807) is 0 Å². The molecule has 0 unspecified atom stereocenters. The summed E-state index contributed by atoms with van der Waals surface area (Å²) in [7, 11) is 1.84. The van der Waals surface area contributed by atoms with Gasteiger partial charge in [0.15, 0.2) is 0 Å². The predicted molar refractivity (Wildman–Crippen MR) is 48.7 cm³/mol. The highest BCUT2D eigenvalue weighted by atomic mass is 79.9. The molecule has 0 radical (unpaired) electrons. The third-order valence-electron chi connectivity index (χ3n) is 0.971. The Morgan fingerprint density at radius 2 is 2.20 bits per heavy atom. The van der Waals surface area contributed by atoms with E-state index in [-0.39, 0.29) is 12.4 Å². The van der Waals surface area contributed by atoms with Crippen LogP contribution in [0.5, 0.6) is 0 Å². The zero-order valence-electron chi connectivity index (χ0n) is 5.47. The van der Waals surface area contributed by atoms with E-state index in [1.807, 2.05) is 25.2 Å². The van der Waals surface area contributed by atoms with Crippen LogP contribution in [-0.4, -0.2) is 12.0 Å². The number of nitrogens with zero attached hydrogens (tertiary/aromatic N) is 1. The molecular weight excluding hydrogens is 215 g/mol. The van der Waals surface area contributed by atoms with Gasteiger partial charge in [-0.2, -0.15) is 0 Å². The van der Waals surface area contributed by atoms with Crippen molar-refractivity contribution in [2.45, 2.75) is 0 Å². The average Bonchev–Trinajstić information content (AvgIpc) is 1.88. The van der Waals surface area contributed by atoms with Gasteiger partial charge in [-0.3, -0.25) is 0 Å². The molecule has 0 aliphatic rings. The van der Waals surface area contributed by atoms with Gasteiger partial charge in [-0.1, -0.05) is 6.07 Å². The van der Waals surface area contributed by atoms with E-state index in [9.17, 15) is 0 Å². The molecule has 0 bridgehead atoms. The van der Waals surface area contributed by atoms with Gasteiger partial charge in [0.25, 0.3) is 0 Å². The second-order valence-corrected chi connectivity index (χ2v) is 2.41. The minimum Gasteiger partial charge on any atom is -0.373 e. The molecule has 0 saturated heterocycles. The number of halogens is 2. The first-order valence-electron chi connectivity index (χ1n) is 2.63. The zero-order chi connectivity index (χ0) is 6.69. The molecule has 1 N–H and O–H groups in total. The number of anilines is 1. The molecule has 56 valence electrons. The van der Waals surface area contributed by atoms with Crippen molar-refractivity contribution in [2.75, 3.05) is 12.4 Å². The van der Waals surface area contributed by atoms with Crippen molar-refractivity contribution in [3.63, 3.8) is 0 Å². The standard InChI is InChI=1S/C6H7BrN2.ClH/c1-8-6-4-2-3-5(7)9-6;/h2-4H,1H3,(H,8,9);1H. The molecule has 0 aliphatic heterocycles. The number of rotatable bonds is 1. The van der Waals surface area contributed by atoms with Crippen molar-refractivity contribution in [3.8, 4) is 0 Å². The van der Waals surface area contributed by atoms with E-state index in [4.69, 9.17) is 0 Å². The lowest BCUT2D eigenvalue weighted by atomic mass is 10.5. The molecule has 0 fully saturated rings. The van der Waals surface area contributed by atoms with E-state index >= 15 is 0 Å². The van der Waals surface area contributed by atoms with E-state index < -0.39 is 0 Å². The van der Waals surface area contributed by atoms with Crippen LogP contribution in [0, 0.1) is 0 Å². The van der Waals surface area contributed by atoms with Gasteiger partial charge in [-0.05, 0) is 28.1 Å². The molecule has 0 saturated carbocycles. The number of pyridine rings is 1. The van der Waals surface area contributed by atoms with Crippen LogP contribution in [0.1, 0.15) is 0 Å². The van der Waals surface area contributed by atoms with Crippen LogP contribution in [0.2, 0.25) is 0 Å². The lowest BCUT2D eigenvalue weighted by Crippen LogP contribution is -1.90. The fourth-order valence-electron chi connectivity index (χ4n) is 0.548. The fourth-order valence-corrected chi connectivity index (χ4v) is 0.891. The molecule has 0 spiro atoms. The number of hydrogen-bond donors (Lipinski definition) is 1. The quantitative estimate of drug-likeness (QED) is 0.739. The Balaban J connectivity index is 0.000000810. The van der Waals surface area contributed by atoms with E-state index in [2.05, 4.69) is 26.2 Å². The maximum absolute atomic E-state index is 4.10. The first-order chi connectivity index (χ1) is 4.33.